The predicted molar refractivity (Wildman–Crippen MR) is 69.5 cm³/mol. The van der Waals surface area contributed by atoms with E-state index in [-0.39, 0.29) is 12.4 Å². The van der Waals surface area contributed by atoms with Gasteiger partial charge in [-0.15, -0.1) is 22.7 Å². The second kappa shape index (κ2) is 5.79. The lowest BCUT2D eigenvalue weighted by Crippen LogP contribution is -2.05. The lowest BCUT2D eigenvalue weighted by molar-refractivity contribution is -0.139. The van der Waals surface area contributed by atoms with Crippen molar-refractivity contribution in [1.82, 2.24) is 4.98 Å². The van der Waals surface area contributed by atoms with Gasteiger partial charge >= 0.3 is 5.97 Å². The van der Waals surface area contributed by atoms with Gasteiger partial charge in [0.2, 0.25) is 0 Å². The van der Waals surface area contributed by atoms with Crippen molar-refractivity contribution < 1.29 is 9.53 Å². The third-order valence-electron chi connectivity index (χ3n) is 2.10. The van der Waals surface area contributed by atoms with E-state index >= 15 is 0 Å². The Morgan fingerprint density at radius 3 is 3.12 bits per heavy atom. The number of thiazole rings is 1. The number of anilines is 1. The number of nitrogens with zero attached hydrogens (tertiary/aromatic N) is 1. The number of aromatic nitrogens is 1. The van der Waals surface area contributed by atoms with Crippen LogP contribution >= 0.6 is 22.7 Å². The summed E-state index contributed by atoms with van der Waals surface area (Å²) >= 11 is 3.20. The Bertz CT molecular complexity index is 479. The highest BCUT2D eigenvalue weighted by Crippen LogP contribution is 2.18. The summed E-state index contributed by atoms with van der Waals surface area (Å²) in [6.07, 6.45) is 0.230. The molecule has 0 aliphatic carbocycles. The van der Waals surface area contributed by atoms with Crippen molar-refractivity contribution in [2.45, 2.75) is 13.0 Å². The van der Waals surface area contributed by atoms with Crippen molar-refractivity contribution in [3.63, 3.8) is 0 Å². The summed E-state index contributed by atoms with van der Waals surface area (Å²) in [6.45, 7) is 0.767. The Hall–Kier alpha value is -1.40. The quantitative estimate of drug-likeness (QED) is 0.847. The molecule has 0 fully saturated rings. The Balaban J connectivity index is 1.88. The van der Waals surface area contributed by atoms with Crippen LogP contribution in [0.3, 0.4) is 0 Å². The maximum absolute atomic E-state index is 11.1. The number of rotatable bonds is 5. The highest BCUT2D eigenvalue weighted by atomic mass is 32.1. The largest absolute Gasteiger partial charge is 0.469 e. The van der Waals surface area contributed by atoms with Crippen LogP contribution < -0.4 is 5.32 Å². The minimum Gasteiger partial charge on any atom is -0.469 e. The number of thiophene rings is 1. The lowest BCUT2D eigenvalue weighted by atomic mass is 10.3. The van der Waals surface area contributed by atoms with Crippen molar-refractivity contribution in [1.29, 1.82) is 0 Å². The Morgan fingerprint density at radius 1 is 1.53 bits per heavy atom. The summed E-state index contributed by atoms with van der Waals surface area (Å²) in [6, 6.07) is 4.09. The molecule has 0 aliphatic rings. The van der Waals surface area contributed by atoms with Crippen LogP contribution in [0.5, 0.6) is 0 Å². The van der Waals surface area contributed by atoms with Gasteiger partial charge in [-0.25, -0.2) is 4.98 Å². The van der Waals surface area contributed by atoms with Gasteiger partial charge in [-0.05, 0) is 11.4 Å². The Kier molecular flexibility index (Phi) is 4.11. The zero-order valence-corrected chi connectivity index (χ0v) is 10.9. The van der Waals surface area contributed by atoms with E-state index in [0.29, 0.717) is 0 Å². The first-order chi connectivity index (χ1) is 8.28. The first kappa shape index (κ1) is 12.1. The van der Waals surface area contributed by atoms with Crippen molar-refractivity contribution >= 4 is 33.8 Å². The summed E-state index contributed by atoms with van der Waals surface area (Å²) in [5.74, 6) is -0.264. The minimum atomic E-state index is -0.264. The van der Waals surface area contributed by atoms with E-state index in [1.807, 2.05) is 16.8 Å². The van der Waals surface area contributed by atoms with Crippen LogP contribution in [0.15, 0.2) is 22.9 Å². The molecule has 4 nitrogen and oxygen atoms in total. The maximum Gasteiger partial charge on any atom is 0.311 e. The molecule has 2 aromatic rings. The van der Waals surface area contributed by atoms with Crippen LogP contribution in [0.4, 0.5) is 5.13 Å². The molecule has 17 heavy (non-hydrogen) atoms. The van der Waals surface area contributed by atoms with Crippen molar-refractivity contribution in [2.75, 3.05) is 12.4 Å². The van der Waals surface area contributed by atoms with Crippen molar-refractivity contribution in [3.8, 4) is 0 Å². The van der Waals surface area contributed by atoms with E-state index in [2.05, 4.69) is 21.1 Å². The Morgan fingerprint density at radius 2 is 2.41 bits per heavy atom. The second-order valence-electron chi connectivity index (χ2n) is 3.33. The molecule has 2 heterocycles. The molecular weight excluding hydrogens is 256 g/mol. The molecule has 0 spiro atoms. The van der Waals surface area contributed by atoms with E-state index in [0.717, 1.165) is 17.4 Å². The SMILES string of the molecule is COC(=O)Cc1csc(NCc2cccs2)n1. The lowest BCUT2D eigenvalue weighted by Gasteiger charge is -1.99. The monoisotopic (exact) mass is 268 g/mol. The number of hydrogen-bond donors (Lipinski definition) is 1. The number of methoxy groups -OCH3 is 1. The van der Waals surface area contributed by atoms with Crippen LogP contribution in [0.1, 0.15) is 10.6 Å². The molecule has 0 amide bonds. The van der Waals surface area contributed by atoms with Crippen LogP contribution in [0.2, 0.25) is 0 Å². The zero-order valence-electron chi connectivity index (χ0n) is 9.30. The van der Waals surface area contributed by atoms with Gasteiger partial charge < -0.3 is 10.1 Å². The molecule has 90 valence electrons. The number of esters is 1. The minimum absolute atomic E-state index is 0.230. The fraction of sp³-hybridized carbons (Fsp3) is 0.273. The summed E-state index contributed by atoms with van der Waals surface area (Å²) in [5, 5.41) is 7.97. The van der Waals surface area contributed by atoms with Crippen molar-refractivity contribution in [2.24, 2.45) is 0 Å². The normalized spacial score (nSPS) is 10.2. The fourth-order valence-electron chi connectivity index (χ4n) is 1.27. The number of ether oxygens (including phenoxy) is 1. The molecule has 0 radical (unpaired) electrons. The van der Waals surface area contributed by atoms with Crippen LogP contribution in [0, 0.1) is 0 Å². The third kappa shape index (κ3) is 3.54. The molecule has 0 bridgehead atoms. The topological polar surface area (TPSA) is 51.2 Å². The molecule has 2 aromatic heterocycles. The van der Waals surface area contributed by atoms with Gasteiger partial charge in [-0.3, -0.25) is 4.79 Å². The van der Waals surface area contributed by atoms with E-state index in [1.165, 1.54) is 23.3 Å². The van der Waals surface area contributed by atoms with Crippen LogP contribution in [-0.2, 0) is 22.5 Å². The number of carbonyl (C=O) groups is 1. The van der Waals surface area contributed by atoms with Crippen molar-refractivity contribution in [3.05, 3.63) is 33.5 Å². The molecule has 0 unspecified atom stereocenters. The van der Waals surface area contributed by atoms with Gasteiger partial charge in [0.05, 0.1) is 25.8 Å². The summed E-state index contributed by atoms with van der Waals surface area (Å²) in [7, 11) is 1.38. The van der Waals surface area contributed by atoms with E-state index in [1.54, 1.807) is 11.3 Å². The molecule has 0 aromatic carbocycles. The average molecular weight is 268 g/mol. The van der Waals surface area contributed by atoms with Gasteiger partial charge in [-0.1, -0.05) is 6.07 Å². The van der Waals surface area contributed by atoms with Gasteiger partial charge in [0.1, 0.15) is 0 Å². The smallest absolute Gasteiger partial charge is 0.311 e. The summed E-state index contributed by atoms with van der Waals surface area (Å²) < 4.78 is 4.59. The fourth-order valence-corrected chi connectivity index (χ4v) is 2.62. The summed E-state index contributed by atoms with van der Waals surface area (Å²) in [4.78, 5) is 16.6. The van der Waals surface area contributed by atoms with E-state index < -0.39 is 0 Å². The molecule has 0 aliphatic heterocycles. The average Bonchev–Trinajstić information content (AvgIpc) is 2.97. The highest BCUT2D eigenvalue weighted by Gasteiger charge is 2.07. The van der Waals surface area contributed by atoms with E-state index in [9.17, 15) is 4.79 Å². The molecule has 0 atom stereocenters. The first-order valence-corrected chi connectivity index (χ1v) is 6.81. The van der Waals surface area contributed by atoms with Gasteiger partial charge in [-0.2, -0.15) is 0 Å². The van der Waals surface area contributed by atoms with Crippen LogP contribution in [-0.4, -0.2) is 18.1 Å². The van der Waals surface area contributed by atoms with Gasteiger partial charge in [0, 0.05) is 10.3 Å². The van der Waals surface area contributed by atoms with Gasteiger partial charge in [0.15, 0.2) is 5.13 Å². The van der Waals surface area contributed by atoms with Gasteiger partial charge in [0.25, 0.3) is 0 Å². The third-order valence-corrected chi connectivity index (χ3v) is 3.82. The predicted octanol–water partition coefficient (Wildman–Crippen LogP) is 2.53. The molecule has 1 N–H and O–H groups in total. The number of nitrogens with one attached hydrogen (secondary N) is 1. The Labute approximate surface area is 107 Å². The second-order valence-corrected chi connectivity index (χ2v) is 5.22. The van der Waals surface area contributed by atoms with E-state index in [4.69, 9.17) is 0 Å². The maximum atomic E-state index is 11.1. The number of carbonyl (C=O) groups excluding carboxylic acids is 1. The zero-order chi connectivity index (χ0) is 12.1. The number of hydrogen-bond acceptors (Lipinski definition) is 6. The molecule has 0 saturated carbocycles. The van der Waals surface area contributed by atoms with Crippen LogP contribution in [0.25, 0.3) is 0 Å². The standard InChI is InChI=1S/C11H12N2O2S2/c1-15-10(14)5-8-7-17-11(13-8)12-6-9-3-2-4-16-9/h2-4,7H,5-6H2,1H3,(H,12,13). The molecule has 0 saturated heterocycles. The molecular formula is C11H12N2O2S2. The molecule has 2 rings (SSSR count). The first-order valence-electron chi connectivity index (χ1n) is 5.05. The summed E-state index contributed by atoms with van der Waals surface area (Å²) in [5.41, 5.74) is 0.746. The highest BCUT2D eigenvalue weighted by molar-refractivity contribution is 7.13. The molecule has 6 heteroatoms.